The summed E-state index contributed by atoms with van der Waals surface area (Å²) in [5.41, 5.74) is 3.97. The van der Waals surface area contributed by atoms with Gasteiger partial charge in [0.2, 0.25) is 0 Å². The van der Waals surface area contributed by atoms with Crippen molar-refractivity contribution in [1.82, 2.24) is 20.5 Å². The normalized spacial score (nSPS) is 24.8. The van der Waals surface area contributed by atoms with E-state index in [2.05, 4.69) is 20.5 Å². The van der Waals surface area contributed by atoms with Crippen molar-refractivity contribution < 1.29 is 4.79 Å². The maximum absolute atomic E-state index is 12.7. The summed E-state index contributed by atoms with van der Waals surface area (Å²) < 4.78 is 0. The van der Waals surface area contributed by atoms with Crippen LogP contribution in [0.1, 0.15) is 53.3 Å². The molecule has 0 saturated heterocycles. The Hall–Kier alpha value is -3.41. The number of rotatable bonds is 3. The van der Waals surface area contributed by atoms with Crippen molar-refractivity contribution >= 4 is 27.6 Å². The molecule has 6 heteroatoms. The molecule has 1 spiro atoms. The second-order valence-electron chi connectivity index (χ2n) is 9.39. The number of benzene rings is 2. The lowest BCUT2D eigenvalue weighted by Gasteiger charge is -2.57. The second-order valence-corrected chi connectivity index (χ2v) is 9.39. The van der Waals surface area contributed by atoms with Crippen LogP contribution in [0.15, 0.2) is 53.3 Å². The first-order valence-electron chi connectivity index (χ1n) is 10.9. The Bertz CT molecular complexity index is 1390. The fourth-order valence-electron chi connectivity index (χ4n) is 5.74. The third kappa shape index (κ3) is 2.89. The van der Waals surface area contributed by atoms with Crippen molar-refractivity contribution in [2.75, 3.05) is 0 Å². The first kappa shape index (κ1) is 18.4. The van der Waals surface area contributed by atoms with Gasteiger partial charge in [0.05, 0.1) is 11.1 Å². The van der Waals surface area contributed by atoms with Crippen LogP contribution in [0.5, 0.6) is 0 Å². The van der Waals surface area contributed by atoms with Crippen molar-refractivity contribution in [3.05, 3.63) is 75.8 Å². The second kappa shape index (κ2) is 6.54. The fraction of sp³-hybridized carbons (Fsp3) is 0.320. The molecule has 6 rings (SSSR count). The van der Waals surface area contributed by atoms with Crippen LogP contribution in [-0.2, 0) is 0 Å². The molecule has 0 unspecified atom stereocenters. The SMILES string of the molecule is Cc1cccc2cc(C(=O)NC3CC4(C3)CC(c3n[nH]c(=O)c5ccccc35)C4)[nH]c12. The molecule has 31 heavy (non-hydrogen) atoms. The highest BCUT2D eigenvalue weighted by molar-refractivity contribution is 5.98. The van der Waals surface area contributed by atoms with E-state index in [4.69, 9.17) is 0 Å². The Morgan fingerprint density at radius 2 is 1.84 bits per heavy atom. The Balaban J connectivity index is 1.11. The maximum Gasteiger partial charge on any atom is 0.272 e. The number of hydrogen-bond acceptors (Lipinski definition) is 3. The molecule has 1 amide bonds. The summed E-state index contributed by atoms with van der Waals surface area (Å²) in [6.45, 7) is 2.05. The predicted octanol–water partition coefficient (Wildman–Crippen LogP) is 4.17. The number of carbonyl (C=O) groups is 1. The van der Waals surface area contributed by atoms with Crippen LogP contribution in [0.4, 0.5) is 0 Å². The van der Waals surface area contributed by atoms with E-state index in [1.54, 1.807) is 0 Å². The molecular weight excluding hydrogens is 388 g/mol. The first-order chi connectivity index (χ1) is 15.0. The lowest BCUT2D eigenvalue weighted by Crippen LogP contribution is -2.55. The summed E-state index contributed by atoms with van der Waals surface area (Å²) in [4.78, 5) is 28.0. The van der Waals surface area contributed by atoms with Gasteiger partial charge in [-0.25, -0.2) is 5.10 Å². The largest absolute Gasteiger partial charge is 0.350 e. The molecule has 0 aliphatic heterocycles. The van der Waals surface area contributed by atoms with Gasteiger partial charge in [0.1, 0.15) is 5.69 Å². The fourth-order valence-corrected chi connectivity index (χ4v) is 5.74. The van der Waals surface area contributed by atoms with Crippen molar-refractivity contribution in [1.29, 1.82) is 0 Å². The molecule has 2 heterocycles. The van der Waals surface area contributed by atoms with Gasteiger partial charge in [0.25, 0.3) is 11.5 Å². The molecule has 2 aromatic heterocycles. The first-order valence-corrected chi connectivity index (χ1v) is 10.9. The number of H-pyrrole nitrogens is 2. The lowest BCUT2D eigenvalue weighted by molar-refractivity contribution is -0.0197. The highest BCUT2D eigenvalue weighted by Gasteiger charge is 2.54. The van der Waals surface area contributed by atoms with Gasteiger partial charge in [-0.2, -0.15) is 5.10 Å². The van der Waals surface area contributed by atoms with E-state index in [1.807, 2.05) is 55.5 Å². The van der Waals surface area contributed by atoms with Gasteiger partial charge < -0.3 is 10.3 Å². The van der Waals surface area contributed by atoms with Gasteiger partial charge >= 0.3 is 0 Å². The predicted molar refractivity (Wildman–Crippen MR) is 120 cm³/mol. The number of nitrogens with zero attached hydrogens (tertiary/aromatic N) is 1. The number of amides is 1. The highest BCUT2D eigenvalue weighted by atomic mass is 16.2. The average Bonchev–Trinajstić information content (AvgIpc) is 3.16. The van der Waals surface area contributed by atoms with Gasteiger partial charge in [-0.15, -0.1) is 0 Å². The minimum atomic E-state index is -0.132. The zero-order chi connectivity index (χ0) is 21.2. The molecule has 2 saturated carbocycles. The number of hydrogen-bond donors (Lipinski definition) is 3. The van der Waals surface area contributed by atoms with Crippen molar-refractivity contribution in [3.8, 4) is 0 Å². The maximum atomic E-state index is 12.7. The third-order valence-electron chi connectivity index (χ3n) is 7.27. The number of aromatic nitrogens is 3. The standard InChI is InChI=1S/C25H24N4O2/c1-14-5-4-6-15-9-20(27-21(14)15)24(31)26-17-12-25(13-17)10-16(11-25)22-18-7-2-3-8-19(18)23(30)29-28-22/h2-9,16-17,27H,10-13H2,1H3,(H,26,31)(H,29,30). The summed E-state index contributed by atoms with van der Waals surface area (Å²) in [6.07, 6.45) is 4.15. The molecule has 2 aliphatic carbocycles. The zero-order valence-electron chi connectivity index (χ0n) is 17.4. The summed E-state index contributed by atoms with van der Waals surface area (Å²) in [5.74, 6) is 0.342. The van der Waals surface area contributed by atoms with E-state index in [0.29, 0.717) is 22.4 Å². The van der Waals surface area contributed by atoms with Crippen LogP contribution in [0.25, 0.3) is 21.7 Å². The summed E-state index contributed by atoms with van der Waals surface area (Å²) in [6, 6.07) is 15.9. The number of carbonyl (C=O) groups excluding carboxylic acids is 1. The van der Waals surface area contributed by atoms with Crippen molar-refractivity contribution in [2.24, 2.45) is 5.41 Å². The zero-order valence-corrected chi connectivity index (χ0v) is 17.4. The van der Waals surface area contributed by atoms with Gasteiger partial charge in [-0.3, -0.25) is 9.59 Å². The van der Waals surface area contributed by atoms with Gasteiger partial charge in [-0.1, -0.05) is 36.4 Å². The van der Waals surface area contributed by atoms with Gasteiger partial charge in [0.15, 0.2) is 0 Å². The summed E-state index contributed by atoms with van der Waals surface area (Å²) in [7, 11) is 0. The number of fused-ring (bicyclic) bond motifs is 2. The molecule has 2 aromatic carbocycles. The van der Waals surface area contributed by atoms with Gasteiger partial charge in [-0.05, 0) is 55.7 Å². The minimum absolute atomic E-state index is 0.0281. The Morgan fingerprint density at radius 3 is 2.61 bits per heavy atom. The quantitative estimate of drug-likeness (QED) is 0.472. The smallest absolute Gasteiger partial charge is 0.272 e. The van der Waals surface area contributed by atoms with Crippen LogP contribution in [0, 0.1) is 12.3 Å². The topological polar surface area (TPSA) is 90.6 Å². The third-order valence-corrected chi connectivity index (χ3v) is 7.27. The van der Waals surface area contributed by atoms with E-state index in [1.165, 1.54) is 0 Å². The minimum Gasteiger partial charge on any atom is -0.350 e. The molecular formula is C25H24N4O2. The van der Waals surface area contributed by atoms with Crippen LogP contribution in [-0.4, -0.2) is 27.1 Å². The van der Waals surface area contributed by atoms with Gasteiger partial charge in [0, 0.05) is 28.2 Å². The Kier molecular flexibility index (Phi) is 3.88. The van der Waals surface area contributed by atoms with E-state index < -0.39 is 0 Å². The van der Waals surface area contributed by atoms with Crippen LogP contribution in [0.2, 0.25) is 0 Å². The number of nitrogens with one attached hydrogen (secondary N) is 3. The molecule has 0 atom stereocenters. The number of aryl methyl sites for hydroxylation is 1. The van der Waals surface area contributed by atoms with E-state index in [9.17, 15) is 9.59 Å². The highest BCUT2D eigenvalue weighted by Crippen LogP contribution is 2.62. The van der Waals surface area contributed by atoms with Crippen molar-refractivity contribution in [3.63, 3.8) is 0 Å². The van der Waals surface area contributed by atoms with Crippen molar-refractivity contribution in [2.45, 2.75) is 44.6 Å². The van der Waals surface area contributed by atoms with E-state index in [-0.39, 0.29) is 17.5 Å². The Morgan fingerprint density at radius 1 is 1.06 bits per heavy atom. The molecule has 6 nitrogen and oxygen atoms in total. The summed E-state index contributed by atoms with van der Waals surface area (Å²) >= 11 is 0. The molecule has 156 valence electrons. The monoisotopic (exact) mass is 412 g/mol. The lowest BCUT2D eigenvalue weighted by atomic mass is 9.49. The van der Waals surface area contributed by atoms with E-state index >= 15 is 0 Å². The van der Waals surface area contributed by atoms with E-state index in [0.717, 1.165) is 53.2 Å². The van der Waals surface area contributed by atoms with Crippen LogP contribution < -0.4 is 10.9 Å². The average molecular weight is 412 g/mol. The molecule has 0 bridgehead atoms. The summed E-state index contributed by atoms with van der Waals surface area (Å²) in [5, 5.41) is 13.0. The molecule has 4 aromatic rings. The molecule has 3 N–H and O–H groups in total. The van der Waals surface area contributed by atoms with Crippen LogP contribution in [0.3, 0.4) is 0 Å². The number of para-hydroxylation sites is 1. The Labute approximate surface area is 179 Å². The van der Waals surface area contributed by atoms with Crippen LogP contribution >= 0.6 is 0 Å². The molecule has 0 radical (unpaired) electrons. The molecule has 2 fully saturated rings. The number of aromatic amines is 2. The molecule has 2 aliphatic rings.